The van der Waals surface area contributed by atoms with Crippen LogP contribution in [0.1, 0.15) is 20.8 Å². The Morgan fingerprint density at radius 1 is 1.67 bits per heavy atom. The Bertz CT molecular complexity index is 385. The van der Waals surface area contributed by atoms with Gasteiger partial charge in [0.15, 0.2) is 0 Å². The van der Waals surface area contributed by atoms with E-state index in [2.05, 4.69) is 0 Å². The van der Waals surface area contributed by atoms with Crippen LogP contribution in [0.15, 0.2) is 21.7 Å². The summed E-state index contributed by atoms with van der Waals surface area (Å²) < 4.78 is 17.2. The maximum atomic E-state index is 11.9. The van der Waals surface area contributed by atoms with Crippen molar-refractivity contribution in [1.82, 2.24) is 0 Å². The van der Waals surface area contributed by atoms with E-state index in [9.17, 15) is 9.46 Å². The molecule has 86 valence electrons. The van der Waals surface area contributed by atoms with Gasteiger partial charge in [-0.15, -0.1) is 0 Å². The largest absolute Gasteiger partial charge is 0.365 e. The Labute approximate surface area is 97.3 Å². The first-order chi connectivity index (χ1) is 6.90. The van der Waals surface area contributed by atoms with E-state index in [0.717, 1.165) is 5.57 Å². The van der Waals surface area contributed by atoms with Crippen LogP contribution in [0.5, 0.6) is 0 Å². The van der Waals surface area contributed by atoms with Gasteiger partial charge in [-0.3, -0.25) is 4.57 Å². The maximum absolute atomic E-state index is 11.9. The second kappa shape index (κ2) is 5.02. The molecule has 0 aromatic rings. The minimum atomic E-state index is -3.68. The maximum Gasteiger partial charge on any atom is 0.365 e. The fourth-order valence-corrected chi connectivity index (χ4v) is 5.95. The van der Waals surface area contributed by atoms with E-state index in [1.54, 1.807) is 12.3 Å². The van der Waals surface area contributed by atoms with Crippen molar-refractivity contribution < 1.29 is 14.0 Å². The molecule has 0 radical (unpaired) electrons. The average molecular weight is 266 g/mol. The third-order valence-electron chi connectivity index (χ3n) is 1.99. The minimum Gasteiger partial charge on any atom is -0.321 e. The lowest BCUT2D eigenvalue weighted by molar-refractivity contribution is 0.282. The normalized spacial score (nSPS) is 25.0. The first-order valence-electron chi connectivity index (χ1n) is 4.71. The molecule has 1 rings (SSSR count). The highest BCUT2D eigenvalue weighted by atomic mass is 32.8. The molecule has 2 atom stereocenters. The SMILES string of the molecule is CCOP(=O)(O)C1=C(C(C)C)C=CS1=S. The molecule has 1 aliphatic rings. The van der Waals surface area contributed by atoms with Crippen LogP contribution in [-0.4, -0.2) is 11.5 Å². The van der Waals surface area contributed by atoms with Gasteiger partial charge >= 0.3 is 7.60 Å². The molecule has 0 saturated heterocycles. The van der Waals surface area contributed by atoms with Crippen LogP contribution in [0.25, 0.3) is 0 Å². The van der Waals surface area contributed by atoms with Gasteiger partial charge in [0.25, 0.3) is 0 Å². The highest BCUT2D eigenvalue weighted by Gasteiger charge is 2.33. The van der Waals surface area contributed by atoms with Crippen LogP contribution >= 0.6 is 7.60 Å². The van der Waals surface area contributed by atoms with E-state index in [-0.39, 0.29) is 12.5 Å². The topological polar surface area (TPSA) is 46.5 Å². The van der Waals surface area contributed by atoms with Crippen LogP contribution in [0.3, 0.4) is 0 Å². The summed E-state index contributed by atoms with van der Waals surface area (Å²) in [7, 11) is -4.37. The lowest BCUT2D eigenvalue weighted by Crippen LogP contribution is -2.00. The molecule has 0 aromatic heterocycles. The van der Waals surface area contributed by atoms with Gasteiger partial charge < -0.3 is 9.42 Å². The van der Waals surface area contributed by atoms with Crippen LogP contribution in [-0.2, 0) is 29.7 Å². The lowest BCUT2D eigenvalue weighted by Gasteiger charge is -2.16. The summed E-state index contributed by atoms with van der Waals surface area (Å²) in [6, 6.07) is 0. The molecular weight excluding hydrogens is 251 g/mol. The summed E-state index contributed by atoms with van der Waals surface area (Å²) in [4.78, 5) is 9.78. The molecule has 0 spiro atoms. The molecule has 0 amide bonds. The van der Waals surface area contributed by atoms with Crippen LogP contribution < -0.4 is 0 Å². The summed E-state index contributed by atoms with van der Waals surface area (Å²) in [6.45, 7) is 5.87. The number of hydrogen-bond acceptors (Lipinski definition) is 3. The number of allylic oxidation sites excluding steroid dienone is 2. The zero-order valence-electron chi connectivity index (χ0n) is 8.97. The van der Waals surface area contributed by atoms with Crippen molar-refractivity contribution in [2.75, 3.05) is 6.61 Å². The quantitative estimate of drug-likeness (QED) is 0.795. The molecule has 0 bridgehead atoms. The van der Waals surface area contributed by atoms with Crippen molar-refractivity contribution in [1.29, 1.82) is 0 Å². The van der Waals surface area contributed by atoms with E-state index < -0.39 is 17.1 Å². The van der Waals surface area contributed by atoms with Gasteiger partial charge in [-0.05, 0) is 35.0 Å². The Hall–Kier alpha value is 0.200. The third kappa shape index (κ3) is 2.86. The van der Waals surface area contributed by atoms with Crippen LogP contribution in [0.2, 0.25) is 0 Å². The van der Waals surface area contributed by atoms with Gasteiger partial charge in [0.05, 0.1) is 6.61 Å². The predicted molar refractivity (Wildman–Crippen MR) is 67.2 cm³/mol. The van der Waals surface area contributed by atoms with Gasteiger partial charge in [-0.25, -0.2) is 0 Å². The summed E-state index contributed by atoms with van der Waals surface area (Å²) in [6.07, 6.45) is 1.85. The monoisotopic (exact) mass is 266 g/mol. The molecule has 1 heterocycles. The molecule has 15 heavy (non-hydrogen) atoms. The molecule has 6 heteroatoms. The number of rotatable bonds is 4. The van der Waals surface area contributed by atoms with E-state index >= 15 is 0 Å². The molecule has 2 unspecified atom stereocenters. The highest BCUT2D eigenvalue weighted by Crippen LogP contribution is 2.56. The van der Waals surface area contributed by atoms with Gasteiger partial charge in [0.1, 0.15) is 4.65 Å². The average Bonchev–Trinajstić information content (AvgIpc) is 2.47. The van der Waals surface area contributed by atoms with Gasteiger partial charge in [-0.2, -0.15) is 0 Å². The summed E-state index contributed by atoms with van der Waals surface area (Å²) in [5, 5.41) is 1.79. The van der Waals surface area contributed by atoms with Crippen molar-refractivity contribution in [2.24, 2.45) is 5.92 Å². The van der Waals surface area contributed by atoms with Gasteiger partial charge in [0, 0.05) is 0 Å². The molecule has 0 saturated carbocycles. The third-order valence-corrected chi connectivity index (χ3v) is 6.86. The number of hydrogen-bond donors (Lipinski definition) is 1. The zero-order valence-corrected chi connectivity index (χ0v) is 11.5. The first-order valence-corrected chi connectivity index (χ1v) is 8.50. The first kappa shape index (κ1) is 13.3. The van der Waals surface area contributed by atoms with Crippen molar-refractivity contribution in [3.8, 4) is 0 Å². The van der Waals surface area contributed by atoms with Crippen molar-refractivity contribution in [2.45, 2.75) is 20.8 Å². The lowest BCUT2D eigenvalue weighted by atomic mass is 10.1. The Morgan fingerprint density at radius 2 is 2.27 bits per heavy atom. The van der Waals surface area contributed by atoms with E-state index in [1.165, 1.54) is 0 Å². The van der Waals surface area contributed by atoms with Crippen molar-refractivity contribution in [3.05, 3.63) is 21.7 Å². The highest BCUT2D eigenvalue weighted by molar-refractivity contribution is 8.35. The molecule has 0 aromatic carbocycles. The fourth-order valence-electron chi connectivity index (χ4n) is 1.34. The molecule has 0 fully saturated rings. The standard InChI is InChI=1S/C9H15O3PS2/c1-4-12-13(10,11)9-8(7(2)3)5-6-15(9)14/h5-7H,4H2,1-3H3,(H,10,11). The summed E-state index contributed by atoms with van der Waals surface area (Å²) >= 11 is 5.15. The van der Waals surface area contributed by atoms with E-state index in [1.807, 2.05) is 19.9 Å². The molecule has 3 nitrogen and oxygen atoms in total. The second-order valence-electron chi connectivity index (χ2n) is 3.45. The predicted octanol–water partition coefficient (Wildman–Crippen LogP) is 2.68. The Kier molecular flexibility index (Phi) is 4.44. The molecular formula is C9H15O3PS2. The minimum absolute atomic E-state index is 0.192. The van der Waals surface area contributed by atoms with Crippen molar-refractivity contribution >= 4 is 28.2 Å². The zero-order chi connectivity index (χ0) is 11.6. The van der Waals surface area contributed by atoms with Gasteiger partial charge in [-0.1, -0.05) is 29.4 Å². The van der Waals surface area contributed by atoms with Crippen molar-refractivity contribution in [3.63, 3.8) is 0 Å². The molecule has 0 aliphatic carbocycles. The Morgan fingerprint density at radius 3 is 2.73 bits per heavy atom. The van der Waals surface area contributed by atoms with Crippen LogP contribution in [0.4, 0.5) is 0 Å². The van der Waals surface area contributed by atoms with Crippen LogP contribution in [0, 0.1) is 5.92 Å². The smallest absolute Gasteiger partial charge is 0.321 e. The molecule has 1 aliphatic heterocycles. The molecule has 1 N–H and O–H groups in total. The second-order valence-corrected chi connectivity index (χ2v) is 7.85. The summed E-state index contributed by atoms with van der Waals surface area (Å²) in [5.41, 5.74) is 0.854. The fraction of sp³-hybridized carbons (Fsp3) is 0.556. The van der Waals surface area contributed by atoms with E-state index in [0.29, 0.717) is 4.65 Å². The summed E-state index contributed by atoms with van der Waals surface area (Å²) in [5.74, 6) is 0.192. The van der Waals surface area contributed by atoms with Gasteiger partial charge in [0.2, 0.25) is 0 Å². The Balaban J connectivity index is 3.17. The van der Waals surface area contributed by atoms with E-state index in [4.69, 9.17) is 15.7 Å².